The molecule has 4 heterocycles. The molecule has 1 saturated heterocycles. The molecule has 0 spiro atoms. The molecule has 32 heavy (non-hydrogen) atoms. The van der Waals surface area contributed by atoms with Gasteiger partial charge in [-0.2, -0.15) is 13.9 Å². The molecule has 1 aliphatic rings. The van der Waals surface area contributed by atoms with Crippen molar-refractivity contribution >= 4 is 12.4 Å². The molecule has 0 unspecified atom stereocenters. The summed E-state index contributed by atoms with van der Waals surface area (Å²) in [5.74, 6) is 0.415. The summed E-state index contributed by atoms with van der Waals surface area (Å²) in [7, 11) is 0. The first-order valence-corrected chi connectivity index (χ1v) is 9.80. The molecule has 1 aliphatic heterocycles. The topological polar surface area (TPSA) is 118 Å². The molecule has 170 valence electrons. The minimum absolute atomic E-state index is 0.0379. The lowest BCUT2D eigenvalue weighted by Gasteiger charge is -2.20. The van der Waals surface area contributed by atoms with Crippen molar-refractivity contribution in [3.63, 3.8) is 0 Å². The van der Waals surface area contributed by atoms with E-state index < -0.39 is 6.55 Å². The molecule has 0 bridgehead atoms. The highest BCUT2D eigenvalue weighted by Crippen LogP contribution is 2.19. The largest absolute Gasteiger partial charge is 0.483 e. The fourth-order valence-corrected chi connectivity index (χ4v) is 3.32. The number of carboxylic acid groups (broad SMARTS) is 1. The van der Waals surface area contributed by atoms with Crippen molar-refractivity contribution in [3.8, 4) is 11.3 Å². The average molecular weight is 448 g/mol. The molecule has 3 aromatic rings. The van der Waals surface area contributed by atoms with Crippen LogP contribution in [0.3, 0.4) is 0 Å². The number of rotatable bonds is 5. The van der Waals surface area contributed by atoms with Gasteiger partial charge in [-0.15, -0.1) is 0 Å². The van der Waals surface area contributed by atoms with Crippen molar-refractivity contribution in [2.75, 3.05) is 26.2 Å². The predicted molar refractivity (Wildman–Crippen MR) is 108 cm³/mol. The van der Waals surface area contributed by atoms with Crippen LogP contribution in [0.1, 0.15) is 29.2 Å². The van der Waals surface area contributed by atoms with Crippen molar-refractivity contribution in [3.05, 3.63) is 54.3 Å². The smallest absolute Gasteiger partial charge is 0.333 e. The maximum absolute atomic E-state index is 12.7. The molecule has 0 saturated carbocycles. The van der Waals surface area contributed by atoms with Crippen LogP contribution in [-0.2, 0) is 11.3 Å². The van der Waals surface area contributed by atoms with Crippen LogP contribution in [0, 0.1) is 0 Å². The zero-order chi connectivity index (χ0) is 22.9. The van der Waals surface area contributed by atoms with Crippen molar-refractivity contribution < 1.29 is 28.0 Å². The Morgan fingerprint density at radius 2 is 1.94 bits per heavy atom. The Labute approximate surface area is 182 Å². The Hall–Kier alpha value is -3.67. The van der Waals surface area contributed by atoms with Gasteiger partial charge in [0.25, 0.3) is 12.4 Å². The molecular formula is C20H22F2N6O4. The summed E-state index contributed by atoms with van der Waals surface area (Å²) in [6, 6.07) is 6.96. The van der Waals surface area contributed by atoms with Crippen molar-refractivity contribution in [1.29, 1.82) is 0 Å². The van der Waals surface area contributed by atoms with E-state index in [-0.39, 0.29) is 18.1 Å². The molecular weight excluding hydrogens is 426 g/mol. The van der Waals surface area contributed by atoms with Gasteiger partial charge in [0.1, 0.15) is 5.69 Å². The van der Waals surface area contributed by atoms with Gasteiger partial charge in [-0.1, -0.05) is 5.16 Å². The van der Waals surface area contributed by atoms with Crippen molar-refractivity contribution in [1.82, 2.24) is 29.7 Å². The molecule has 0 aliphatic carbocycles. The van der Waals surface area contributed by atoms with Gasteiger partial charge < -0.3 is 14.5 Å². The third-order valence-electron chi connectivity index (χ3n) is 4.82. The third-order valence-corrected chi connectivity index (χ3v) is 4.82. The Balaban J connectivity index is 0.000000913. The van der Waals surface area contributed by atoms with Gasteiger partial charge in [-0.25, -0.2) is 4.68 Å². The van der Waals surface area contributed by atoms with E-state index in [2.05, 4.69) is 20.1 Å². The standard InChI is InChI=1S/C19H20F2N6O2.CH2O2/c20-19(21)27-9-4-16(23-27)18(28)26-8-1-7-25(10-11-26)13-15-12-17(24-29-15)14-2-5-22-6-3-14;2-1-3/h2-6,9,12,19H,1,7-8,10-11,13H2;1H,(H,2,3). The second kappa shape index (κ2) is 11.1. The maximum Gasteiger partial charge on any atom is 0.333 e. The number of aromatic nitrogens is 4. The minimum atomic E-state index is -2.75. The number of amides is 1. The first kappa shape index (κ1) is 23.0. The number of pyridine rings is 1. The van der Waals surface area contributed by atoms with Gasteiger partial charge >= 0.3 is 6.55 Å². The second-order valence-electron chi connectivity index (χ2n) is 6.90. The highest BCUT2D eigenvalue weighted by Gasteiger charge is 2.23. The zero-order valence-corrected chi connectivity index (χ0v) is 17.0. The highest BCUT2D eigenvalue weighted by atomic mass is 19.3. The number of carbonyl (C=O) groups is 2. The fourth-order valence-electron chi connectivity index (χ4n) is 3.32. The van der Waals surface area contributed by atoms with Crippen LogP contribution in [0.25, 0.3) is 11.3 Å². The molecule has 1 N–H and O–H groups in total. The van der Waals surface area contributed by atoms with Gasteiger partial charge in [0.15, 0.2) is 11.5 Å². The highest BCUT2D eigenvalue weighted by molar-refractivity contribution is 5.92. The Morgan fingerprint density at radius 3 is 2.62 bits per heavy atom. The number of alkyl halides is 2. The van der Waals surface area contributed by atoms with Gasteiger partial charge in [0.05, 0.1) is 6.54 Å². The molecule has 3 aromatic heterocycles. The minimum Gasteiger partial charge on any atom is -0.483 e. The van der Waals surface area contributed by atoms with E-state index in [4.69, 9.17) is 14.4 Å². The quantitative estimate of drug-likeness (QED) is 0.591. The van der Waals surface area contributed by atoms with Gasteiger partial charge in [-0.3, -0.25) is 19.5 Å². The summed E-state index contributed by atoms with van der Waals surface area (Å²) in [6.07, 6.45) is 5.29. The van der Waals surface area contributed by atoms with E-state index >= 15 is 0 Å². The van der Waals surface area contributed by atoms with E-state index in [0.717, 1.165) is 36.2 Å². The molecule has 0 aromatic carbocycles. The lowest BCUT2D eigenvalue weighted by Crippen LogP contribution is -2.35. The van der Waals surface area contributed by atoms with E-state index in [1.165, 1.54) is 6.07 Å². The number of hydrogen-bond acceptors (Lipinski definition) is 7. The Bertz CT molecular complexity index is 1010. The van der Waals surface area contributed by atoms with Gasteiger partial charge in [-0.05, 0) is 24.6 Å². The first-order valence-electron chi connectivity index (χ1n) is 9.80. The Morgan fingerprint density at radius 1 is 1.19 bits per heavy atom. The van der Waals surface area contributed by atoms with Crippen LogP contribution in [0.15, 0.2) is 47.4 Å². The molecule has 10 nitrogen and oxygen atoms in total. The SMILES string of the molecule is O=C(c1ccn(C(F)F)n1)N1CCCN(Cc2cc(-c3ccncc3)no2)CC1.O=CO. The van der Waals surface area contributed by atoms with Crippen LogP contribution in [0.4, 0.5) is 8.78 Å². The van der Waals surface area contributed by atoms with E-state index in [1.807, 2.05) is 18.2 Å². The van der Waals surface area contributed by atoms with Gasteiger partial charge in [0.2, 0.25) is 0 Å². The summed E-state index contributed by atoms with van der Waals surface area (Å²) >= 11 is 0. The lowest BCUT2D eigenvalue weighted by molar-refractivity contribution is -0.122. The van der Waals surface area contributed by atoms with Crippen LogP contribution < -0.4 is 0 Å². The second-order valence-corrected chi connectivity index (χ2v) is 6.90. The molecule has 0 radical (unpaired) electrons. The van der Waals surface area contributed by atoms with E-state index in [9.17, 15) is 13.6 Å². The third kappa shape index (κ3) is 5.94. The number of nitrogens with zero attached hydrogens (tertiary/aromatic N) is 6. The predicted octanol–water partition coefficient (Wildman–Crippen LogP) is 2.38. The molecule has 4 rings (SSSR count). The molecule has 1 amide bonds. The fraction of sp³-hybridized carbons (Fsp3) is 0.350. The van der Waals surface area contributed by atoms with Gasteiger partial charge in [0, 0.05) is 56.4 Å². The zero-order valence-electron chi connectivity index (χ0n) is 17.0. The number of carbonyl (C=O) groups excluding carboxylic acids is 1. The monoisotopic (exact) mass is 448 g/mol. The van der Waals surface area contributed by atoms with Crippen LogP contribution >= 0.6 is 0 Å². The molecule has 0 atom stereocenters. The summed E-state index contributed by atoms with van der Waals surface area (Å²) in [5, 5.41) is 14.7. The van der Waals surface area contributed by atoms with E-state index in [1.54, 1.807) is 17.3 Å². The summed E-state index contributed by atoms with van der Waals surface area (Å²) in [6.45, 7) is 0.0595. The summed E-state index contributed by atoms with van der Waals surface area (Å²) in [4.78, 5) is 28.8. The van der Waals surface area contributed by atoms with Crippen LogP contribution in [0.5, 0.6) is 0 Å². The average Bonchev–Trinajstić information content (AvgIpc) is 3.41. The van der Waals surface area contributed by atoms with Crippen LogP contribution in [-0.4, -0.2) is 73.4 Å². The normalized spacial score (nSPS) is 14.5. The molecule has 12 heteroatoms. The number of hydrogen-bond donors (Lipinski definition) is 1. The van der Waals surface area contributed by atoms with Crippen LogP contribution in [0.2, 0.25) is 0 Å². The van der Waals surface area contributed by atoms with Crippen molar-refractivity contribution in [2.45, 2.75) is 19.5 Å². The van der Waals surface area contributed by atoms with E-state index in [0.29, 0.717) is 30.9 Å². The Kier molecular flexibility index (Phi) is 7.97. The maximum atomic E-state index is 12.7. The van der Waals surface area contributed by atoms with Crippen molar-refractivity contribution in [2.24, 2.45) is 0 Å². The number of halogens is 2. The summed E-state index contributed by atoms with van der Waals surface area (Å²) in [5.41, 5.74) is 1.73. The molecule has 1 fully saturated rings. The lowest BCUT2D eigenvalue weighted by atomic mass is 10.2. The summed E-state index contributed by atoms with van der Waals surface area (Å²) < 4.78 is 31.3. The first-order chi connectivity index (χ1) is 15.5.